The van der Waals surface area contributed by atoms with Gasteiger partial charge in [-0.1, -0.05) is 29.8 Å². The summed E-state index contributed by atoms with van der Waals surface area (Å²) in [6, 6.07) is 8.31. The second-order valence-electron chi connectivity index (χ2n) is 5.41. The molecule has 2 aromatic rings. The predicted molar refractivity (Wildman–Crippen MR) is 88.2 cm³/mol. The molecule has 1 aliphatic rings. The number of fused-ring (bicyclic) bond motifs is 1. The summed E-state index contributed by atoms with van der Waals surface area (Å²) in [5, 5.41) is 10.9. The fraction of sp³-hybridized carbons (Fsp3) is 0.500. The number of nitrogens with zero attached hydrogens (tertiary/aromatic N) is 1. The van der Waals surface area contributed by atoms with Crippen LogP contribution in [0.3, 0.4) is 0 Å². The Morgan fingerprint density at radius 3 is 2.76 bits per heavy atom. The summed E-state index contributed by atoms with van der Waals surface area (Å²) in [5.41, 5.74) is 0. The molecule has 1 aromatic heterocycles. The van der Waals surface area contributed by atoms with E-state index in [1.165, 1.54) is 15.0 Å². The van der Waals surface area contributed by atoms with Crippen LogP contribution in [0.4, 0.5) is 0 Å². The molecule has 1 N–H and O–H groups in total. The third kappa shape index (κ3) is 3.58. The standard InChI is InChI=1S/C16H20ClNO2S/c17-16-13-3-1-2-4-14(13)21-15(16)11-18-7-5-12(6-8-18)20-10-9-19/h1-4,12,19H,5-11H2. The van der Waals surface area contributed by atoms with E-state index in [1.54, 1.807) is 11.3 Å². The van der Waals surface area contributed by atoms with Crippen molar-refractivity contribution in [3.05, 3.63) is 34.2 Å². The van der Waals surface area contributed by atoms with Gasteiger partial charge in [-0.25, -0.2) is 0 Å². The highest BCUT2D eigenvalue weighted by Crippen LogP contribution is 2.36. The number of piperidine rings is 1. The van der Waals surface area contributed by atoms with E-state index < -0.39 is 0 Å². The van der Waals surface area contributed by atoms with Crippen molar-refractivity contribution in [3.8, 4) is 0 Å². The number of ether oxygens (including phenoxy) is 1. The lowest BCUT2D eigenvalue weighted by Crippen LogP contribution is -2.36. The lowest BCUT2D eigenvalue weighted by molar-refractivity contribution is -0.00885. The van der Waals surface area contributed by atoms with Crippen LogP contribution in [-0.2, 0) is 11.3 Å². The van der Waals surface area contributed by atoms with Gasteiger partial charge in [-0.15, -0.1) is 11.3 Å². The summed E-state index contributed by atoms with van der Waals surface area (Å²) < 4.78 is 6.86. The summed E-state index contributed by atoms with van der Waals surface area (Å²) in [5.74, 6) is 0. The zero-order valence-electron chi connectivity index (χ0n) is 11.9. The van der Waals surface area contributed by atoms with Crippen molar-refractivity contribution in [3.63, 3.8) is 0 Å². The summed E-state index contributed by atoms with van der Waals surface area (Å²) in [6.07, 6.45) is 2.36. The molecule has 0 radical (unpaired) electrons. The Bertz CT molecular complexity index is 593. The van der Waals surface area contributed by atoms with Gasteiger partial charge < -0.3 is 9.84 Å². The Balaban J connectivity index is 1.60. The number of hydrogen-bond donors (Lipinski definition) is 1. The minimum Gasteiger partial charge on any atom is -0.394 e. The van der Waals surface area contributed by atoms with Gasteiger partial charge in [0.2, 0.25) is 0 Å². The number of likely N-dealkylation sites (tertiary alicyclic amines) is 1. The summed E-state index contributed by atoms with van der Waals surface area (Å²) in [6.45, 7) is 3.54. The van der Waals surface area contributed by atoms with E-state index in [2.05, 4.69) is 23.1 Å². The fourth-order valence-corrected chi connectivity index (χ4v) is 4.36. The van der Waals surface area contributed by atoms with Crippen LogP contribution in [0.5, 0.6) is 0 Å². The molecular weight excluding hydrogens is 306 g/mol. The number of halogens is 1. The molecule has 5 heteroatoms. The van der Waals surface area contributed by atoms with Crippen molar-refractivity contribution in [1.82, 2.24) is 4.90 Å². The van der Waals surface area contributed by atoms with Crippen LogP contribution >= 0.6 is 22.9 Å². The van der Waals surface area contributed by atoms with Crippen molar-refractivity contribution in [2.24, 2.45) is 0 Å². The molecule has 3 nitrogen and oxygen atoms in total. The monoisotopic (exact) mass is 325 g/mol. The van der Waals surface area contributed by atoms with Gasteiger partial charge in [-0.2, -0.15) is 0 Å². The molecule has 0 spiro atoms. The molecule has 0 saturated carbocycles. The van der Waals surface area contributed by atoms with Crippen LogP contribution in [0.1, 0.15) is 17.7 Å². The number of thiophene rings is 1. The smallest absolute Gasteiger partial charge is 0.0701 e. The van der Waals surface area contributed by atoms with Crippen LogP contribution in [0, 0.1) is 0 Å². The highest BCUT2D eigenvalue weighted by atomic mass is 35.5. The molecule has 3 rings (SSSR count). The second-order valence-corrected chi connectivity index (χ2v) is 6.92. The largest absolute Gasteiger partial charge is 0.394 e. The van der Waals surface area contributed by atoms with E-state index in [-0.39, 0.29) is 6.61 Å². The zero-order valence-corrected chi connectivity index (χ0v) is 13.5. The average molecular weight is 326 g/mol. The Hall–Kier alpha value is -0.650. The number of hydrogen-bond acceptors (Lipinski definition) is 4. The van der Waals surface area contributed by atoms with Gasteiger partial charge in [-0.05, 0) is 18.9 Å². The highest BCUT2D eigenvalue weighted by Gasteiger charge is 2.21. The SMILES string of the molecule is OCCOC1CCN(Cc2sc3ccccc3c2Cl)CC1. The molecule has 114 valence electrons. The Morgan fingerprint density at radius 1 is 1.29 bits per heavy atom. The summed E-state index contributed by atoms with van der Waals surface area (Å²) in [7, 11) is 0. The van der Waals surface area contributed by atoms with Gasteiger partial charge in [0.05, 0.1) is 24.3 Å². The second kappa shape index (κ2) is 7.07. The van der Waals surface area contributed by atoms with Gasteiger partial charge in [0.1, 0.15) is 0 Å². The molecule has 0 aliphatic carbocycles. The minimum absolute atomic E-state index is 0.109. The molecule has 1 saturated heterocycles. The lowest BCUT2D eigenvalue weighted by atomic mass is 10.1. The van der Waals surface area contributed by atoms with Crippen LogP contribution < -0.4 is 0 Å². The predicted octanol–water partition coefficient (Wildman–Crippen LogP) is 3.53. The van der Waals surface area contributed by atoms with E-state index >= 15 is 0 Å². The van der Waals surface area contributed by atoms with Gasteiger partial charge in [0.15, 0.2) is 0 Å². The Morgan fingerprint density at radius 2 is 2.05 bits per heavy atom. The van der Waals surface area contributed by atoms with Crippen LogP contribution in [-0.4, -0.2) is 42.4 Å². The van der Waals surface area contributed by atoms with Crippen molar-refractivity contribution in [2.75, 3.05) is 26.3 Å². The fourth-order valence-electron chi connectivity index (χ4n) is 2.82. The highest BCUT2D eigenvalue weighted by molar-refractivity contribution is 7.19. The van der Waals surface area contributed by atoms with Crippen LogP contribution in [0.2, 0.25) is 5.02 Å². The lowest BCUT2D eigenvalue weighted by Gasteiger charge is -2.31. The molecular formula is C16H20ClNO2S. The maximum Gasteiger partial charge on any atom is 0.0701 e. The first-order chi connectivity index (χ1) is 10.3. The zero-order chi connectivity index (χ0) is 14.7. The topological polar surface area (TPSA) is 32.7 Å². The number of rotatable bonds is 5. The molecule has 1 aliphatic heterocycles. The number of aliphatic hydroxyl groups excluding tert-OH is 1. The summed E-state index contributed by atoms with van der Waals surface area (Å²) >= 11 is 8.30. The molecule has 0 amide bonds. The van der Waals surface area contributed by atoms with E-state index in [1.807, 2.05) is 6.07 Å². The first-order valence-corrected chi connectivity index (χ1v) is 8.58. The molecule has 21 heavy (non-hydrogen) atoms. The molecule has 0 unspecified atom stereocenters. The minimum atomic E-state index is 0.109. The van der Waals surface area contributed by atoms with Gasteiger partial charge >= 0.3 is 0 Å². The number of benzene rings is 1. The Kier molecular flexibility index (Phi) is 5.14. The van der Waals surface area contributed by atoms with E-state index in [4.69, 9.17) is 21.4 Å². The van der Waals surface area contributed by atoms with Gasteiger partial charge in [-0.3, -0.25) is 4.90 Å². The average Bonchev–Trinajstić information content (AvgIpc) is 2.83. The van der Waals surface area contributed by atoms with Crippen LogP contribution in [0.25, 0.3) is 10.1 Å². The summed E-state index contributed by atoms with van der Waals surface area (Å²) in [4.78, 5) is 3.70. The molecule has 1 fully saturated rings. The third-order valence-electron chi connectivity index (χ3n) is 3.95. The van der Waals surface area contributed by atoms with Crippen molar-refractivity contribution < 1.29 is 9.84 Å². The van der Waals surface area contributed by atoms with E-state index in [9.17, 15) is 0 Å². The maximum atomic E-state index is 8.79. The van der Waals surface area contributed by atoms with Crippen molar-refractivity contribution >= 4 is 33.0 Å². The molecule has 2 heterocycles. The third-order valence-corrected chi connectivity index (χ3v) is 5.65. The Labute approximate surface area is 134 Å². The first kappa shape index (κ1) is 15.3. The number of aliphatic hydroxyl groups is 1. The van der Waals surface area contributed by atoms with Crippen molar-refractivity contribution in [1.29, 1.82) is 0 Å². The van der Waals surface area contributed by atoms with Gasteiger partial charge in [0.25, 0.3) is 0 Å². The molecule has 0 bridgehead atoms. The normalized spacial score (nSPS) is 17.6. The van der Waals surface area contributed by atoms with Crippen LogP contribution in [0.15, 0.2) is 24.3 Å². The van der Waals surface area contributed by atoms with Gasteiger partial charge in [0, 0.05) is 34.6 Å². The van der Waals surface area contributed by atoms with E-state index in [0.29, 0.717) is 12.7 Å². The quantitative estimate of drug-likeness (QED) is 0.913. The van der Waals surface area contributed by atoms with Crippen molar-refractivity contribution in [2.45, 2.75) is 25.5 Å². The maximum absolute atomic E-state index is 8.79. The molecule has 0 atom stereocenters. The molecule has 1 aromatic carbocycles. The van der Waals surface area contributed by atoms with E-state index in [0.717, 1.165) is 37.5 Å². The first-order valence-electron chi connectivity index (χ1n) is 7.38.